The van der Waals surface area contributed by atoms with Crippen molar-refractivity contribution in [2.45, 2.75) is 12.7 Å². The molecule has 2 rings (SSSR count). The molecule has 2 heterocycles. The van der Waals surface area contributed by atoms with Crippen LogP contribution in [0.1, 0.15) is 15.2 Å². The number of halogens is 3. The van der Waals surface area contributed by atoms with Crippen molar-refractivity contribution in [1.82, 2.24) is 14.9 Å². The van der Waals surface area contributed by atoms with Gasteiger partial charge in [-0.2, -0.15) is 13.2 Å². The molecule has 0 radical (unpaired) electrons. The van der Waals surface area contributed by atoms with Gasteiger partial charge < -0.3 is 10.3 Å². The Bertz CT molecular complexity index is 777. The third-order valence-corrected chi connectivity index (χ3v) is 3.51. The Labute approximate surface area is 125 Å². The first-order chi connectivity index (χ1) is 10.3. The fourth-order valence-electron chi connectivity index (χ4n) is 1.65. The summed E-state index contributed by atoms with van der Waals surface area (Å²) in [6, 6.07) is 3.41. The Balaban J connectivity index is 2.29. The van der Waals surface area contributed by atoms with Crippen LogP contribution in [-0.4, -0.2) is 28.2 Å². The van der Waals surface area contributed by atoms with Crippen LogP contribution in [0.3, 0.4) is 0 Å². The Hall–Kier alpha value is -2.36. The molecule has 0 spiro atoms. The summed E-state index contributed by atoms with van der Waals surface area (Å²) in [6.07, 6.45) is -3.78. The number of H-pyrrole nitrogens is 1. The molecule has 0 bridgehead atoms. The number of nitrogens with one attached hydrogen (secondary N) is 2. The number of rotatable bonds is 4. The van der Waals surface area contributed by atoms with Gasteiger partial charge in [0.1, 0.15) is 12.1 Å². The SMILES string of the molecule is O=C(NCC(F)(F)F)c1c[nH]c(=O)n(Cc2cccs2)c1=O. The minimum absolute atomic E-state index is 0.0633. The summed E-state index contributed by atoms with van der Waals surface area (Å²) >= 11 is 1.30. The molecule has 0 aliphatic heterocycles. The number of thiophene rings is 1. The number of hydrogen-bond acceptors (Lipinski definition) is 4. The molecule has 2 aromatic rings. The second kappa shape index (κ2) is 6.18. The van der Waals surface area contributed by atoms with Crippen molar-refractivity contribution in [2.75, 3.05) is 6.54 Å². The van der Waals surface area contributed by atoms with Crippen LogP contribution in [-0.2, 0) is 6.54 Å². The van der Waals surface area contributed by atoms with E-state index in [2.05, 4.69) is 4.98 Å². The van der Waals surface area contributed by atoms with Gasteiger partial charge in [0.15, 0.2) is 0 Å². The first-order valence-corrected chi connectivity index (χ1v) is 6.86. The van der Waals surface area contributed by atoms with E-state index in [1.54, 1.807) is 22.8 Å². The average Bonchev–Trinajstić information content (AvgIpc) is 2.93. The maximum Gasteiger partial charge on any atom is 0.405 e. The van der Waals surface area contributed by atoms with Crippen molar-refractivity contribution in [3.05, 3.63) is 55.0 Å². The molecule has 0 saturated carbocycles. The Morgan fingerprint density at radius 1 is 1.36 bits per heavy atom. The van der Waals surface area contributed by atoms with Crippen LogP contribution in [0.25, 0.3) is 0 Å². The second-order valence-corrected chi connectivity index (χ2v) is 5.31. The summed E-state index contributed by atoms with van der Waals surface area (Å²) in [6.45, 7) is -1.62. The van der Waals surface area contributed by atoms with Gasteiger partial charge in [-0.1, -0.05) is 6.07 Å². The van der Waals surface area contributed by atoms with Crippen LogP contribution >= 0.6 is 11.3 Å². The van der Waals surface area contributed by atoms with E-state index < -0.39 is 35.4 Å². The van der Waals surface area contributed by atoms with Gasteiger partial charge in [0.05, 0.1) is 6.54 Å². The molecule has 0 unspecified atom stereocenters. The molecule has 2 aromatic heterocycles. The quantitative estimate of drug-likeness (QED) is 0.873. The minimum atomic E-state index is -4.59. The van der Waals surface area contributed by atoms with Crippen LogP contribution in [0.15, 0.2) is 33.3 Å². The Morgan fingerprint density at radius 3 is 2.68 bits per heavy atom. The number of alkyl halides is 3. The number of nitrogens with zero attached hydrogens (tertiary/aromatic N) is 1. The van der Waals surface area contributed by atoms with Gasteiger partial charge in [-0.25, -0.2) is 4.79 Å². The molecule has 0 aromatic carbocycles. The van der Waals surface area contributed by atoms with Crippen molar-refractivity contribution in [3.8, 4) is 0 Å². The topological polar surface area (TPSA) is 84.0 Å². The summed E-state index contributed by atoms with van der Waals surface area (Å²) in [4.78, 5) is 38.2. The zero-order chi connectivity index (χ0) is 16.3. The first-order valence-electron chi connectivity index (χ1n) is 5.98. The Kier molecular flexibility index (Phi) is 4.50. The summed E-state index contributed by atoms with van der Waals surface area (Å²) in [5.74, 6) is -1.20. The van der Waals surface area contributed by atoms with Gasteiger partial charge in [-0.05, 0) is 11.4 Å². The second-order valence-electron chi connectivity index (χ2n) is 4.28. The van der Waals surface area contributed by atoms with Crippen molar-refractivity contribution < 1.29 is 18.0 Å². The van der Waals surface area contributed by atoms with E-state index in [1.807, 2.05) is 0 Å². The van der Waals surface area contributed by atoms with E-state index in [4.69, 9.17) is 0 Å². The molecule has 10 heteroatoms. The van der Waals surface area contributed by atoms with E-state index in [9.17, 15) is 27.6 Å². The van der Waals surface area contributed by atoms with Crippen LogP contribution < -0.4 is 16.6 Å². The highest BCUT2D eigenvalue weighted by molar-refractivity contribution is 7.09. The lowest BCUT2D eigenvalue weighted by molar-refractivity contribution is -0.123. The van der Waals surface area contributed by atoms with Gasteiger partial charge in [-0.15, -0.1) is 11.3 Å². The summed E-state index contributed by atoms with van der Waals surface area (Å²) < 4.78 is 37.0. The largest absolute Gasteiger partial charge is 0.405 e. The smallest absolute Gasteiger partial charge is 0.343 e. The molecule has 22 heavy (non-hydrogen) atoms. The molecule has 0 aliphatic carbocycles. The highest BCUT2D eigenvalue weighted by Gasteiger charge is 2.28. The first kappa shape index (κ1) is 16.0. The average molecular weight is 333 g/mol. The number of aromatic nitrogens is 2. The van der Waals surface area contributed by atoms with Crippen molar-refractivity contribution in [1.29, 1.82) is 0 Å². The molecule has 2 N–H and O–H groups in total. The van der Waals surface area contributed by atoms with E-state index in [-0.39, 0.29) is 6.54 Å². The Morgan fingerprint density at radius 2 is 2.09 bits per heavy atom. The van der Waals surface area contributed by atoms with Crippen LogP contribution in [0.5, 0.6) is 0 Å². The zero-order valence-electron chi connectivity index (χ0n) is 10.9. The number of amides is 1. The monoisotopic (exact) mass is 333 g/mol. The van der Waals surface area contributed by atoms with Gasteiger partial charge in [0, 0.05) is 11.1 Å². The number of carbonyl (C=O) groups is 1. The minimum Gasteiger partial charge on any atom is -0.343 e. The lowest BCUT2D eigenvalue weighted by Gasteiger charge is -2.09. The zero-order valence-corrected chi connectivity index (χ0v) is 11.8. The molecule has 6 nitrogen and oxygen atoms in total. The van der Waals surface area contributed by atoms with Gasteiger partial charge in [0.25, 0.3) is 11.5 Å². The highest BCUT2D eigenvalue weighted by Crippen LogP contribution is 2.12. The summed E-state index contributed by atoms with van der Waals surface area (Å²) in [5.41, 5.74) is -2.25. The van der Waals surface area contributed by atoms with Crippen LogP contribution in [0.2, 0.25) is 0 Å². The van der Waals surface area contributed by atoms with E-state index >= 15 is 0 Å². The third-order valence-electron chi connectivity index (χ3n) is 2.65. The van der Waals surface area contributed by atoms with E-state index in [1.165, 1.54) is 11.3 Å². The van der Waals surface area contributed by atoms with Gasteiger partial charge in [0.2, 0.25) is 0 Å². The highest BCUT2D eigenvalue weighted by atomic mass is 32.1. The molecule has 118 valence electrons. The van der Waals surface area contributed by atoms with E-state index in [0.717, 1.165) is 10.8 Å². The molecule has 1 amide bonds. The summed E-state index contributed by atoms with van der Waals surface area (Å²) in [5, 5.41) is 3.33. The molecular weight excluding hydrogens is 323 g/mol. The van der Waals surface area contributed by atoms with Crippen molar-refractivity contribution in [3.63, 3.8) is 0 Å². The standard InChI is InChI=1S/C12H10F3N3O3S/c13-12(14,15)6-17-9(19)8-4-16-11(21)18(10(8)20)5-7-2-1-3-22-7/h1-4H,5-6H2,(H,16,21)(H,17,19). The predicted octanol–water partition coefficient (Wildman–Crippen LogP) is 0.939. The van der Waals surface area contributed by atoms with Gasteiger partial charge >= 0.3 is 11.9 Å². The fraction of sp³-hybridized carbons (Fsp3) is 0.250. The number of hydrogen-bond donors (Lipinski definition) is 2. The third kappa shape index (κ3) is 3.85. The van der Waals surface area contributed by atoms with E-state index in [0.29, 0.717) is 4.88 Å². The van der Waals surface area contributed by atoms with Crippen LogP contribution in [0.4, 0.5) is 13.2 Å². The number of aromatic amines is 1. The molecule has 0 fully saturated rings. The normalized spacial score (nSPS) is 11.4. The molecule has 0 aliphatic rings. The fourth-order valence-corrected chi connectivity index (χ4v) is 2.34. The van der Waals surface area contributed by atoms with Crippen molar-refractivity contribution >= 4 is 17.2 Å². The maximum atomic E-state index is 12.1. The lowest BCUT2D eigenvalue weighted by Crippen LogP contribution is -2.42. The van der Waals surface area contributed by atoms with Gasteiger partial charge in [-0.3, -0.25) is 14.2 Å². The molecule has 0 atom stereocenters. The maximum absolute atomic E-state index is 12.1. The predicted molar refractivity (Wildman–Crippen MR) is 73.1 cm³/mol. The van der Waals surface area contributed by atoms with Crippen molar-refractivity contribution in [2.24, 2.45) is 0 Å². The van der Waals surface area contributed by atoms with Crippen LogP contribution in [0, 0.1) is 0 Å². The summed E-state index contributed by atoms with van der Waals surface area (Å²) in [7, 11) is 0. The molecule has 0 saturated heterocycles. The lowest BCUT2D eigenvalue weighted by atomic mass is 10.3. The number of carbonyl (C=O) groups excluding carboxylic acids is 1. The molecular formula is C12H10F3N3O3S.